The number of hydrazone groups is 1. The Kier molecular flexibility index (Phi) is 7.06. The second-order valence-corrected chi connectivity index (χ2v) is 6.48. The number of rotatable bonds is 7. The van der Waals surface area contributed by atoms with Gasteiger partial charge in [0.25, 0.3) is 11.5 Å². The molecule has 0 bridgehead atoms. The number of hydrogen-bond acceptors (Lipinski definition) is 10. The number of imide groups is 1. The molecule has 2 amide bonds. The predicted molar refractivity (Wildman–Crippen MR) is 113 cm³/mol. The maximum absolute atomic E-state index is 12.1. The van der Waals surface area contributed by atoms with Crippen LogP contribution in [0.15, 0.2) is 52.9 Å². The van der Waals surface area contributed by atoms with Crippen molar-refractivity contribution in [2.75, 3.05) is 5.43 Å². The van der Waals surface area contributed by atoms with Gasteiger partial charge in [-0.3, -0.25) is 25.1 Å². The van der Waals surface area contributed by atoms with E-state index in [4.69, 9.17) is 33.2 Å². The minimum absolute atomic E-state index is 0.00767. The average molecular weight is 473 g/mol. The smallest absolute Gasteiger partial charge is 0.288 e. The Morgan fingerprint density at radius 1 is 1.22 bits per heavy atom. The van der Waals surface area contributed by atoms with Crippen LogP contribution in [0, 0.1) is 11.3 Å². The normalized spacial score (nSPS) is 10.7. The molecule has 1 aromatic carbocycles. The minimum Gasteiger partial charge on any atom is -0.434 e. The number of hydrogen-bond donors (Lipinski definition) is 2. The lowest BCUT2D eigenvalue weighted by Gasteiger charge is -2.12. The SMILES string of the molecule is N#C/C(=N/Nc1cc(Cl)c(Oc2ccc(=O)n(-c3cncnc3)n2)c(Cl)c1)C(=O)NC=O. The summed E-state index contributed by atoms with van der Waals surface area (Å²) >= 11 is 12.5. The number of aromatic nitrogens is 4. The lowest BCUT2D eigenvalue weighted by atomic mass is 10.3. The molecule has 0 unspecified atom stereocenters. The highest BCUT2D eigenvalue weighted by molar-refractivity contribution is 6.46. The third-order valence-corrected chi connectivity index (χ3v) is 4.14. The largest absolute Gasteiger partial charge is 0.434 e. The predicted octanol–water partition coefficient (Wildman–Crippen LogP) is 1.69. The molecule has 0 spiro atoms. The van der Waals surface area contributed by atoms with E-state index in [2.05, 4.69) is 25.6 Å². The molecule has 0 aliphatic heterocycles. The summed E-state index contributed by atoms with van der Waals surface area (Å²) in [6.07, 6.45) is 4.23. The number of halogens is 2. The van der Waals surface area contributed by atoms with E-state index >= 15 is 0 Å². The van der Waals surface area contributed by atoms with Crippen LogP contribution in [0.4, 0.5) is 5.69 Å². The number of carbonyl (C=O) groups is 2. The zero-order valence-corrected chi connectivity index (χ0v) is 17.2. The maximum Gasteiger partial charge on any atom is 0.288 e. The first-order valence-corrected chi connectivity index (χ1v) is 9.19. The zero-order chi connectivity index (χ0) is 23.1. The van der Waals surface area contributed by atoms with Crippen molar-refractivity contribution in [3.05, 3.63) is 63.4 Å². The molecule has 2 N–H and O–H groups in total. The fourth-order valence-corrected chi connectivity index (χ4v) is 2.79. The monoisotopic (exact) mass is 472 g/mol. The quantitative estimate of drug-likeness (QED) is 0.295. The molecule has 0 radical (unpaired) electrons. The van der Waals surface area contributed by atoms with E-state index in [-0.39, 0.29) is 33.8 Å². The van der Waals surface area contributed by atoms with Gasteiger partial charge >= 0.3 is 0 Å². The summed E-state index contributed by atoms with van der Waals surface area (Å²) < 4.78 is 6.67. The highest BCUT2D eigenvalue weighted by Crippen LogP contribution is 2.38. The van der Waals surface area contributed by atoms with Crippen LogP contribution in [0.25, 0.3) is 5.69 Å². The molecular weight excluding hydrogens is 463 g/mol. The Hall–Kier alpha value is -4.34. The van der Waals surface area contributed by atoms with Gasteiger partial charge in [0.05, 0.1) is 28.1 Å². The van der Waals surface area contributed by atoms with Crippen molar-refractivity contribution in [3.63, 3.8) is 0 Å². The van der Waals surface area contributed by atoms with Gasteiger partial charge in [-0.15, -0.1) is 5.10 Å². The molecule has 3 aromatic rings. The summed E-state index contributed by atoms with van der Waals surface area (Å²) in [5, 5.41) is 18.5. The molecule has 0 aliphatic carbocycles. The van der Waals surface area contributed by atoms with E-state index in [1.807, 2.05) is 0 Å². The number of nitrogens with zero attached hydrogens (tertiary/aromatic N) is 6. The molecule has 160 valence electrons. The van der Waals surface area contributed by atoms with Crippen LogP contribution < -0.4 is 21.0 Å². The summed E-state index contributed by atoms with van der Waals surface area (Å²) in [7, 11) is 0. The van der Waals surface area contributed by atoms with Gasteiger partial charge in [-0.05, 0) is 12.1 Å². The van der Waals surface area contributed by atoms with Crippen LogP contribution in [-0.4, -0.2) is 37.8 Å². The Labute approximate surface area is 189 Å². The maximum atomic E-state index is 12.1. The van der Waals surface area contributed by atoms with E-state index < -0.39 is 17.2 Å². The van der Waals surface area contributed by atoms with Crippen LogP contribution in [-0.2, 0) is 9.59 Å². The van der Waals surface area contributed by atoms with Crippen molar-refractivity contribution < 1.29 is 14.3 Å². The summed E-state index contributed by atoms with van der Waals surface area (Å²) in [6, 6.07) is 6.82. The summed E-state index contributed by atoms with van der Waals surface area (Å²) in [6.45, 7) is 0. The lowest BCUT2D eigenvalue weighted by molar-refractivity contribution is -0.120. The van der Waals surface area contributed by atoms with Gasteiger partial charge in [0.1, 0.15) is 18.1 Å². The Balaban J connectivity index is 1.85. The number of anilines is 1. The number of nitriles is 1. The molecule has 0 aliphatic rings. The number of ether oxygens (including phenoxy) is 1. The standard InChI is InChI=1S/C18H10Cl2N8O4/c19-12-3-10(25-26-14(5-21)18(31)24-9-29)4-13(20)17(12)32-15-1-2-16(30)28(27-15)11-6-22-8-23-7-11/h1-4,6-9,25H,(H,24,29,31)/b26-14-. The number of amides is 2. The molecule has 0 saturated carbocycles. The number of benzene rings is 1. The van der Waals surface area contributed by atoms with Gasteiger partial charge in [0.15, 0.2) is 5.75 Å². The first-order chi connectivity index (χ1) is 15.4. The Morgan fingerprint density at radius 2 is 1.91 bits per heavy atom. The van der Waals surface area contributed by atoms with Gasteiger partial charge in [0.2, 0.25) is 18.0 Å². The van der Waals surface area contributed by atoms with Crippen LogP contribution in [0.2, 0.25) is 10.0 Å². The molecule has 2 heterocycles. The summed E-state index contributed by atoms with van der Waals surface area (Å²) in [5.41, 5.74) is 1.95. The first-order valence-electron chi connectivity index (χ1n) is 8.44. The van der Waals surface area contributed by atoms with E-state index in [0.29, 0.717) is 5.69 Å². The second-order valence-electron chi connectivity index (χ2n) is 5.66. The van der Waals surface area contributed by atoms with Gasteiger partial charge in [-0.2, -0.15) is 15.0 Å². The van der Waals surface area contributed by atoms with Crippen LogP contribution in [0.5, 0.6) is 11.6 Å². The van der Waals surface area contributed by atoms with Crippen LogP contribution in [0.3, 0.4) is 0 Å². The molecule has 0 atom stereocenters. The molecule has 2 aromatic heterocycles. The van der Waals surface area contributed by atoms with Gasteiger partial charge in [-0.25, -0.2) is 9.97 Å². The topological polar surface area (TPSA) is 164 Å². The van der Waals surface area contributed by atoms with Crippen molar-refractivity contribution in [2.24, 2.45) is 5.10 Å². The van der Waals surface area contributed by atoms with Crippen molar-refractivity contribution in [2.45, 2.75) is 0 Å². The van der Waals surface area contributed by atoms with E-state index in [0.717, 1.165) is 4.68 Å². The molecule has 0 saturated heterocycles. The summed E-state index contributed by atoms with van der Waals surface area (Å²) in [4.78, 5) is 41.6. The first kappa shape index (κ1) is 22.3. The minimum atomic E-state index is -0.989. The lowest BCUT2D eigenvalue weighted by Crippen LogP contribution is -2.29. The van der Waals surface area contributed by atoms with Crippen molar-refractivity contribution in [3.8, 4) is 23.4 Å². The van der Waals surface area contributed by atoms with Crippen LogP contribution >= 0.6 is 23.2 Å². The van der Waals surface area contributed by atoms with Crippen molar-refractivity contribution in [1.29, 1.82) is 5.26 Å². The second kappa shape index (κ2) is 10.1. The third-order valence-electron chi connectivity index (χ3n) is 3.58. The molecule has 12 nitrogen and oxygen atoms in total. The average Bonchev–Trinajstić information content (AvgIpc) is 2.78. The third kappa shape index (κ3) is 5.22. The molecule has 3 rings (SSSR count). The zero-order valence-electron chi connectivity index (χ0n) is 15.7. The Morgan fingerprint density at radius 3 is 2.53 bits per heavy atom. The van der Waals surface area contributed by atoms with Crippen molar-refractivity contribution >= 4 is 46.9 Å². The Bertz CT molecular complexity index is 1280. The molecule has 14 heteroatoms. The molecular formula is C18H10Cl2N8O4. The van der Waals surface area contributed by atoms with E-state index in [1.54, 1.807) is 5.32 Å². The number of nitrogens with one attached hydrogen (secondary N) is 2. The molecule has 0 fully saturated rings. The number of carbonyl (C=O) groups excluding carboxylic acids is 2. The van der Waals surface area contributed by atoms with Gasteiger partial charge in [-0.1, -0.05) is 23.2 Å². The molecule has 32 heavy (non-hydrogen) atoms. The van der Waals surface area contributed by atoms with E-state index in [9.17, 15) is 14.4 Å². The van der Waals surface area contributed by atoms with E-state index in [1.165, 1.54) is 49.1 Å². The van der Waals surface area contributed by atoms with Gasteiger partial charge in [0, 0.05) is 12.1 Å². The fraction of sp³-hybridized carbons (Fsp3) is 0. The van der Waals surface area contributed by atoms with Gasteiger partial charge < -0.3 is 4.74 Å². The highest BCUT2D eigenvalue weighted by atomic mass is 35.5. The fourth-order valence-electron chi connectivity index (χ4n) is 2.23. The van der Waals surface area contributed by atoms with Crippen LogP contribution in [0.1, 0.15) is 0 Å². The summed E-state index contributed by atoms with van der Waals surface area (Å²) in [5.74, 6) is -0.950. The highest BCUT2D eigenvalue weighted by Gasteiger charge is 2.14. The van der Waals surface area contributed by atoms with Crippen molar-refractivity contribution in [1.82, 2.24) is 25.1 Å².